The number of nitrogens with one attached hydrogen (secondary N) is 1. The van der Waals surface area contributed by atoms with Gasteiger partial charge in [0.25, 0.3) is 0 Å². The second-order valence-corrected chi connectivity index (χ2v) is 8.66. The van der Waals surface area contributed by atoms with Gasteiger partial charge in [0.05, 0.1) is 5.25 Å². The van der Waals surface area contributed by atoms with Gasteiger partial charge < -0.3 is 10.2 Å². The lowest BCUT2D eigenvalue weighted by atomic mass is 10.1. The minimum absolute atomic E-state index is 0.143. The maximum Gasteiger partial charge on any atom is 0.235 e. The van der Waals surface area contributed by atoms with E-state index in [1.54, 1.807) is 0 Å². The summed E-state index contributed by atoms with van der Waals surface area (Å²) in [5.41, 5.74) is 0.868. The maximum atomic E-state index is 12.5. The van der Waals surface area contributed by atoms with E-state index in [2.05, 4.69) is 15.5 Å². The highest BCUT2D eigenvalue weighted by Gasteiger charge is 2.24. The Bertz CT molecular complexity index is 703. The number of carbonyl (C=O) groups excluding carboxylic acids is 1. The molecule has 0 unspecified atom stereocenters. The van der Waals surface area contributed by atoms with Gasteiger partial charge in [-0.25, -0.2) is 0 Å². The van der Waals surface area contributed by atoms with Gasteiger partial charge in [0.2, 0.25) is 11.0 Å². The average Bonchev–Trinajstić information content (AvgIpc) is 3.02. The molecule has 5 nitrogen and oxygen atoms in total. The van der Waals surface area contributed by atoms with Crippen LogP contribution in [0.4, 0.5) is 10.8 Å². The molecule has 0 spiro atoms. The second kappa shape index (κ2) is 8.18. The number of piperidine rings is 1. The van der Waals surface area contributed by atoms with Crippen LogP contribution in [0.15, 0.2) is 28.6 Å². The third-order valence-corrected chi connectivity index (χ3v) is 6.02. The fourth-order valence-electron chi connectivity index (χ4n) is 2.57. The van der Waals surface area contributed by atoms with E-state index >= 15 is 0 Å². The van der Waals surface area contributed by atoms with Crippen molar-refractivity contribution in [3.8, 4) is 0 Å². The molecule has 0 bridgehead atoms. The van der Waals surface area contributed by atoms with Crippen molar-refractivity contribution < 1.29 is 4.79 Å². The summed E-state index contributed by atoms with van der Waals surface area (Å²) in [6.07, 6.45) is 3.44. The van der Waals surface area contributed by atoms with Crippen molar-refractivity contribution in [3.05, 3.63) is 29.3 Å². The van der Waals surface area contributed by atoms with Crippen LogP contribution in [0, 0.1) is 0 Å². The Hall–Kier alpha value is -1.31. The first-order valence-electron chi connectivity index (χ1n) is 7.93. The lowest BCUT2D eigenvalue weighted by Crippen LogP contribution is -2.40. The Balaban J connectivity index is 1.58. The van der Waals surface area contributed by atoms with Crippen LogP contribution in [0.1, 0.15) is 26.2 Å². The molecule has 1 aromatic carbocycles. The number of hydrogen-bond acceptors (Lipinski definition) is 6. The van der Waals surface area contributed by atoms with E-state index in [0.29, 0.717) is 10.2 Å². The smallest absolute Gasteiger partial charge is 0.235 e. The highest BCUT2D eigenvalue weighted by Crippen LogP contribution is 2.31. The summed E-state index contributed by atoms with van der Waals surface area (Å²) >= 11 is 8.88. The lowest BCUT2D eigenvalue weighted by molar-refractivity contribution is -0.131. The first-order valence-corrected chi connectivity index (χ1v) is 10.0. The van der Waals surface area contributed by atoms with Gasteiger partial charge in [0.15, 0.2) is 4.34 Å². The highest BCUT2D eigenvalue weighted by atomic mass is 35.5. The minimum atomic E-state index is -0.143. The normalized spacial score (nSPS) is 16.0. The Morgan fingerprint density at radius 3 is 2.88 bits per heavy atom. The van der Waals surface area contributed by atoms with Crippen LogP contribution in [-0.4, -0.2) is 39.3 Å². The molecule has 1 N–H and O–H groups in total. The van der Waals surface area contributed by atoms with Gasteiger partial charge in [-0.3, -0.25) is 4.79 Å². The van der Waals surface area contributed by atoms with Crippen molar-refractivity contribution >= 4 is 51.4 Å². The summed E-state index contributed by atoms with van der Waals surface area (Å²) in [4.78, 5) is 14.4. The SMILES string of the molecule is C[C@H](Sc1nnc(Nc2cccc(Cl)c2)s1)C(=O)N1CCCCC1. The molecule has 3 rings (SSSR count). The summed E-state index contributed by atoms with van der Waals surface area (Å²) in [7, 11) is 0. The molecule has 0 aliphatic carbocycles. The van der Waals surface area contributed by atoms with Gasteiger partial charge in [-0.05, 0) is 44.4 Å². The molecule has 1 aliphatic rings. The number of likely N-dealkylation sites (tertiary alicyclic amines) is 1. The zero-order valence-electron chi connectivity index (χ0n) is 13.4. The Morgan fingerprint density at radius 1 is 1.33 bits per heavy atom. The Labute approximate surface area is 154 Å². The van der Waals surface area contributed by atoms with Crippen molar-refractivity contribution in [2.75, 3.05) is 18.4 Å². The van der Waals surface area contributed by atoms with Gasteiger partial charge in [0, 0.05) is 23.8 Å². The van der Waals surface area contributed by atoms with Crippen LogP contribution in [0.2, 0.25) is 5.02 Å². The predicted molar refractivity (Wildman–Crippen MR) is 100 cm³/mol. The summed E-state index contributed by atoms with van der Waals surface area (Å²) in [5.74, 6) is 0.194. The number of halogens is 1. The molecule has 0 radical (unpaired) electrons. The Morgan fingerprint density at radius 2 is 2.12 bits per heavy atom. The Kier molecular flexibility index (Phi) is 5.97. The van der Waals surface area contributed by atoms with E-state index in [1.165, 1.54) is 29.5 Å². The fourth-order valence-corrected chi connectivity index (χ4v) is 4.76. The van der Waals surface area contributed by atoms with Gasteiger partial charge in [-0.1, -0.05) is 40.8 Å². The lowest BCUT2D eigenvalue weighted by Gasteiger charge is -2.28. The van der Waals surface area contributed by atoms with Crippen molar-refractivity contribution in [2.45, 2.75) is 35.8 Å². The predicted octanol–water partition coefficient (Wildman–Crippen LogP) is 4.43. The summed E-state index contributed by atoms with van der Waals surface area (Å²) in [5, 5.41) is 12.7. The summed E-state index contributed by atoms with van der Waals surface area (Å²) in [6, 6.07) is 7.45. The highest BCUT2D eigenvalue weighted by molar-refractivity contribution is 8.02. The number of anilines is 2. The fraction of sp³-hybridized carbons (Fsp3) is 0.438. The van der Waals surface area contributed by atoms with E-state index in [1.807, 2.05) is 36.1 Å². The molecule has 8 heteroatoms. The molecule has 128 valence electrons. The molecular weight excluding hydrogens is 364 g/mol. The van der Waals surface area contributed by atoms with E-state index < -0.39 is 0 Å². The van der Waals surface area contributed by atoms with Crippen LogP contribution in [0.5, 0.6) is 0 Å². The second-order valence-electron chi connectivity index (χ2n) is 5.65. The molecular formula is C16H19ClN4OS2. The third kappa shape index (κ3) is 4.62. The van der Waals surface area contributed by atoms with E-state index in [-0.39, 0.29) is 11.2 Å². The summed E-state index contributed by atoms with van der Waals surface area (Å²) in [6.45, 7) is 3.69. The number of aromatic nitrogens is 2. The first-order chi connectivity index (χ1) is 11.6. The molecule has 24 heavy (non-hydrogen) atoms. The standard InChI is InChI=1S/C16H19ClN4OS2/c1-11(14(22)21-8-3-2-4-9-21)23-16-20-19-15(24-16)18-13-7-5-6-12(17)10-13/h5-7,10-11H,2-4,8-9H2,1H3,(H,18,19)/t11-/m0/s1. The van der Waals surface area contributed by atoms with Crippen molar-refractivity contribution in [1.82, 2.24) is 15.1 Å². The van der Waals surface area contributed by atoms with Crippen LogP contribution < -0.4 is 5.32 Å². The maximum absolute atomic E-state index is 12.5. The molecule has 1 atom stereocenters. The van der Waals surface area contributed by atoms with Crippen molar-refractivity contribution in [1.29, 1.82) is 0 Å². The number of thioether (sulfide) groups is 1. The van der Waals surface area contributed by atoms with E-state index in [0.717, 1.165) is 36.0 Å². The van der Waals surface area contributed by atoms with Crippen LogP contribution in [0.3, 0.4) is 0 Å². The van der Waals surface area contributed by atoms with Crippen LogP contribution >= 0.6 is 34.7 Å². The first kappa shape index (κ1) is 17.5. The molecule has 1 saturated heterocycles. The number of hydrogen-bond donors (Lipinski definition) is 1. The van der Waals surface area contributed by atoms with E-state index in [9.17, 15) is 4.79 Å². The molecule has 1 aliphatic heterocycles. The largest absolute Gasteiger partial charge is 0.342 e. The molecule has 2 aromatic rings. The third-order valence-electron chi connectivity index (χ3n) is 3.78. The van der Waals surface area contributed by atoms with Gasteiger partial charge in [-0.15, -0.1) is 10.2 Å². The number of rotatable bonds is 5. The monoisotopic (exact) mass is 382 g/mol. The molecule has 1 aromatic heterocycles. The quantitative estimate of drug-likeness (QED) is 0.775. The van der Waals surface area contributed by atoms with Gasteiger partial charge in [-0.2, -0.15) is 0 Å². The summed E-state index contributed by atoms with van der Waals surface area (Å²) < 4.78 is 0.789. The molecule has 0 saturated carbocycles. The zero-order valence-corrected chi connectivity index (χ0v) is 15.8. The zero-order chi connectivity index (χ0) is 16.9. The number of nitrogens with zero attached hydrogens (tertiary/aromatic N) is 3. The van der Waals surface area contributed by atoms with Crippen LogP contribution in [-0.2, 0) is 4.79 Å². The van der Waals surface area contributed by atoms with Crippen LogP contribution in [0.25, 0.3) is 0 Å². The molecule has 2 heterocycles. The number of benzene rings is 1. The van der Waals surface area contributed by atoms with Gasteiger partial charge >= 0.3 is 0 Å². The number of amides is 1. The average molecular weight is 383 g/mol. The van der Waals surface area contributed by atoms with Gasteiger partial charge in [0.1, 0.15) is 0 Å². The molecule has 1 fully saturated rings. The van der Waals surface area contributed by atoms with Crippen molar-refractivity contribution in [2.24, 2.45) is 0 Å². The minimum Gasteiger partial charge on any atom is -0.342 e. The number of carbonyl (C=O) groups is 1. The van der Waals surface area contributed by atoms with Crippen molar-refractivity contribution in [3.63, 3.8) is 0 Å². The van der Waals surface area contributed by atoms with E-state index in [4.69, 9.17) is 11.6 Å². The molecule has 1 amide bonds. The topological polar surface area (TPSA) is 58.1 Å².